The van der Waals surface area contributed by atoms with E-state index in [9.17, 15) is 9.59 Å². The van der Waals surface area contributed by atoms with Gasteiger partial charge in [0.1, 0.15) is 18.8 Å². The van der Waals surface area contributed by atoms with Crippen molar-refractivity contribution in [1.82, 2.24) is 0 Å². The van der Waals surface area contributed by atoms with Crippen LogP contribution < -0.4 is 15.4 Å². The summed E-state index contributed by atoms with van der Waals surface area (Å²) in [6, 6.07) is 24.5. The van der Waals surface area contributed by atoms with Gasteiger partial charge < -0.3 is 15.4 Å². The second-order valence-electron chi connectivity index (χ2n) is 6.59. The molecular formula is C24H24N2O3. The van der Waals surface area contributed by atoms with Gasteiger partial charge in [-0.15, -0.1) is 0 Å². The number of amides is 2. The maximum atomic E-state index is 12.3. The first-order valence-electron chi connectivity index (χ1n) is 9.58. The number of ether oxygens (including phenoxy) is 1. The molecule has 3 aromatic rings. The number of para-hydroxylation sites is 2. The van der Waals surface area contributed by atoms with Gasteiger partial charge in [0, 0.05) is 5.69 Å². The smallest absolute Gasteiger partial charge is 0.233 e. The van der Waals surface area contributed by atoms with Crippen molar-refractivity contribution in [2.24, 2.45) is 0 Å². The fourth-order valence-corrected chi connectivity index (χ4v) is 2.80. The minimum absolute atomic E-state index is 0.275. The molecule has 0 saturated carbocycles. The molecule has 29 heavy (non-hydrogen) atoms. The van der Waals surface area contributed by atoms with E-state index in [1.165, 1.54) is 5.56 Å². The Bertz CT molecular complexity index is 953. The topological polar surface area (TPSA) is 67.4 Å². The maximum absolute atomic E-state index is 12.3. The number of hydrogen-bond acceptors (Lipinski definition) is 3. The molecular weight excluding hydrogens is 364 g/mol. The Kier molecular flexibility index (Phi) is 7.00. The second kappa shape index (κ2) is 10.1. The minimum atomic E-state index is -0.400. The molecule has 5 heteroatoms. The third kappa shape index (κ3) is 6.21. The van der Waals surface area contributed by atoms with Crippen molar-refractivity contribution in [3.8, 4) is 5.75 Å². The standard InChI is InChI=1S/C24H24N2O3/c1-2-18-12-14-20(15-13-18)25-23(27)16-24(28)26-21-10-6-7-11-22(21)29-17-19-8-4-3-5-9-19/h3-15H,2,16-17H2,1H3,(H,25,27)(H,26,28). The summed E-state index contributed by atoms with van der Waals surface area (Å²) in [6.07, 6.45) is 0.658. The third-order valence-electron chi connectivity index (χ3n) is 4.37. The first-order chi connectivity index (χ1) is 14.1. The van der Waals surface area contributed by atoms with Crippen LogP contribution in [0.25, 0.3) is 0 Å². The summed E-state index contributed by atoms with van der Waals surface area (Å²) in [4.78, 5) is 24.5. The Balaban J connectivity index is 1.55. The first kappa shape index (κ1) is 20.1. The zero-order valence-electron chi connectivity index (χ0n) is 16.4. The normalized spacial score (nSPS) is 10.2. The van der Waals surface area contributed by atoms with Gasteiger partial charge in [-0.3, -0.25) is 9.59 Å². The van der Waals surface area contributed by atoms with E-state index in [1.807, 2.05) is 60.7 Å². The SMILES string of the molecule is CCc1ccc(NC(=O)CC(=O)Nc2ccccc2OCc2ccccc2)cc1. The average molecular weight is 388 g/mol. The van der Waals surface area contributed by atoms with Crippen molar-refractivity contribution in [1.29, 1.82) is 0 Å². The van der Waals surface area contributed by atoms with E-state index in [0.29, 0.717) is 23.7 Å². The zero-order valence-corrected chi connectivity index (χ0v) is 16.4. The van der Waals surface area contributed by atoms with Gasteiger partial charge in [-0.05, 0) is 41.8 Å². The van der Waals surface area contributed by atoms with Gasteiger partial charge in [0.2, 0.25) is 11.8 Å². The number of rotatable bonds is 8. The van der Waals surface area contributed by atoms with Gasteiger partial charge in [0.25, 0.3) is 0 Å². The molecule has 3 aromatic carbocycles. The van der Waals surface area contributed by atoms with Crippen LogP contribution in [0.5, 0.6) is 5.75 Å². The highest BCUT2D eigenvalue weighted by molar-refractivity contribution is 6.08. The molecule has 5 nitrogen and oxygen atoms in total. The van der Waals surface area contributed by atoms with Crippen molar-refractivity contribution in [2.75, 3.05) is 10.6 Å². The lowest BCUT2D eigenvalue weighted by Gasteiger charge is -2.12. The molecule has 148 valence electrons. The summed E-state index contributed by atoms with van der Waals surface area (Å²) >= 11 is 0. The van der Waals surface area contributed by atoms with Crippen molar-refractivity contribution in [3.05, 3.63) is 90.0 Å². The highest BCUT2D eigenvalue weighted by atomic mass is 16.5. The van der Waals surface area contributed by atoms with Crippen molar-refractivity contribution in [3.63, 3.8) is 0 Å². The third-order valence-corrected chi connectivity index (χ3v) is 4.37. The Hall–Kier alpha value is -3.60. The molecule has 0 atom stereocenters. The molecule has 0 fully saturated rings. The van der Waals surface area contributed by atoms with Crippen LogP contribution in [0.15, 0.2) is 78.9 Å². The molecule has 2 amide bonds. The van der Waals surface area contributed by atoms with E-state index in [-0.39, 0.29) is 12.3 Å². The summed E-state index contributed by atoms with van der Waals surface area (Å²) in [5, 5.41) is 5.50. The summed E-state index contributed by atoms with van der Waals surface area (Å²) in [5.41, 5.74) is 3.43. The maximum Gasteiger partial charge on any atom is 0.233 e. The summed E-state index contributed by atoms with van der Waals surface area (Å²) < 4.78 is 5.83. The van der Waals surface area contributed by atoms with Crippen LogP contribution in [-0.4, -0.2) is 11.8 Å². The molecule has 0 aliphatic rings. The number of carbonyl (C=O) groups excluding carboxylic acids is 2. The molecule has 0 spiro atoms. The highest BCUT2D eigenvalue weighted by Gasteiger charge is 2.12. The van der Waals surface area contributed by atoms with Crippen LogP contribution in [0.3, 0.4) is 0 Å². The van der Waals surface area contributed by atoms with Crippen molar-refractivity contribution >= 4 is 23.2 Å². The molecule has 0 aromatic heterocycles. The Morgan fingerprint density at radius 2 is 1.41 bits per heavy atom. The van der Waals surface area contributed by atoms with Crippen LogP contribution in [0.4, 0.5) is 11.4 Å². The van der Waals surface area contributed by atoms with E-state index in [2.05, 4.69) is 17.6 Å². The molecule has 0 saturated heterocycles. The molecule has 0 heterocycles. The summed E-state index contributed by atoms with van der Waals surface area (Å²) in [7, 11) is 0. The van der Waals surface area contributed by atoms with E-state index >= 15 is 0 Å². The van der Waals surface area contributed by atoms with Crippen LogP contribution in [0.2, 0.25) is 0 Å². The van der Waals surface area contributed by atoms with Crippen molar-refractivity contribution < 1.29 is 14.3 Å². The first-order valence-corrected chi connectivity index (χ1v) is 9.58. The Morgan fingerprint density at radius 1 is 0.759 bits per heavy atom. The number of carbonyl (C=O) groups is 2. The van der Waals surface area contributed by atoms with Gasteiger partial charge in [-0.2, -0.15) is 0 Å². The van der Waals surface area contributed by atoms with Gasteiger partial charge in [-0.25, -0.2) is 0 Å². The number of nitrogens with one attached hydrogen (secondary N) is 2. The quantitative estimate of drug-likeness (QED) is 0.545. The van der Waals surface area contributed by atoms with Crippen LogP contribution in [-0.2, 0) is 22.6 Å². The van der Waals surface area contributed by atoms with Crippen LogP contribution in [0, 0.1) is 0 Å². The number of aryl methyl sites for hydroxylation is 1. The fourth-order valence-electron chi connectivity index (χ4n) is 2.80. The van der Waals surface area contributed by atoms with Gasteiger partial charge in [-0.1, -0.05) is 61.5 Å². The summed E-state index contributed by atoms with van der Waals surface area (Å²) in [6.45, 7) is 2.46. The lowest BCUT2D eigenvalue weighted by molar-refractivity contribution is -0.123. The predicted molar refractivity (Wildman–Crippen MR) is 115 cm³/mol. The molecule has 0 unspecified atom stereocenters. The monoisotopic (exact) mass is 388 g/mol. The largest absolute Gasteiger partial charge is 0.487 e. The van der Waals surface area contributed by atoms with Crippen LogP contribution in [0.1, 0.15) is 24.5 Å². The van der Waals surface area contributed by atoms with E-state index in [4.69, 9.17) is 4.74 Å². The van der Waals surface area contributed by atoms with E-state index in [0.717, 1.165) is 12.0 Å². The van der Waals surface area contributed by atoms with Gasteiger partial charge >= 0.3 is 0 Å². The van der Waals surface area contributed by atoms with Gasteiger partial charge in [0.05, 0.1) is 5.69 Å². The number of benzene rings is 3. The molecule has 0 bridgehead atoms. The van der Waals surface area contributed by atoms with Crippen LogP contribution >= 0.6 is 0 Å². The fraction of sp³-hybridized carbons (Fsp3) is 0.167. The van der Waals surface area contributed by atoms with E-state index in [1.54, 1.807) is 18.2 Å². The summed E-state index contributed by atoms with van der Waals surface area (Å²) in [5.74, 6) is -0.210. The Labute approximate surface area is 170 Å². The Morgan fingerprint density at radius 3 is 2.14 bits per heavy atom. The minimum Gasteiger partial charge on any atom is -0.487 e. The number of hydrogen-bond donors (Lipinski definition) is 2. The molecule has 3 rings (SSSR count). The molecule has 2 N–H and O–H groups in total. The molecule has 0 aliphatic carbocycles. The molecule has 0 aliphatic heterocycles. The lowest BCUT2D eigenvalue weighted by atomic mass is 10.1. The second-order valence-corrected chi connectivity index (χ2v) is 6.59. The average Bonchev–Trinajstić information content (AvgIpc) is 2.74. The molecule has 0 radical (unpaired) electrons. The van der Waals surface area contributed by atoms with Crippen molar-refractivity contribution in [2.45, 2.75) is 26.4 Å². The zero-order chi connectivity index (χ0) is 20.5. The predicted octanol–water partition coefficient (Wildman–Crippen LogP) is 4.80. The lowest BCUT2D eigenvalue weighted by Crippen LogP contribution is -2.21. The highest BCUT2D eigenvalue weighted by Crippen LogP contribution is 2.25. The number of anilines is 2. The van der Waals surface area contributed by atoms with E-state index < -0.39 is 5.91 Å². The van der Waals surface area contributed by atoms with Gasteiger partial charge in [0.15, 0.2) is 0 Å².